The summed E-state index contributed by atoms with van der Waals surface area (Å²) in [4.78, 5) is 15.2. The molecule has 2 aliphatic heterocycles. The highest BCUT2D eigenvalue weighted by Gasteiger charge is 2.48. The van der Waals surface area contributed by atoms with Gasteiger partial charge in [-0.25, -0.2) is 4.68 Å². The minimum absolute atomic E-state index is 0.170. The first kappa shape index (κ1) is 16.3. The van der Waals surface area contributed by atoms with Gasteiger partial charge in [-0.1, -0.05) is 30.3 Å². The van der Waals surface area contributed by atoms with Crippen LogP contribution in [-0.4, -0.2) is 33.7 Å². The summed E-state index contributed by atoms with van der Waals surface area (Å²) >= 11 is 0. The van der Waals surface area contributed by atoms with Crippen LogP contribution < -0.4 is 5.32 Å². The normalized spacial score (nSPS) is 18.4. The Labute approximate surface area is 158 Å². The number of nitrogens with one attached hydrogen (secondary N) is 1. The molecule has 3 aromatic rings. The van der Waals surface area contributed by atoms with Crippen molar-refractivity contribution < 1.29 is 4.79 Å². The number of carbonyl (C=O) groups excluding carboxylic acids is 1. The number of likely N-dealkylation sites (tertiary alicyclic amines) is 1. The Hall–Kier alpha value is -2.92. The van der Waals surface area contributed by atoms with E-state index in [0.717, 1.165) is 43.9 Å². The standard InChI is InChI=1S/C22H22N4O/c27-21-22(19-7-1-2-8-20(19)24-21)9-13-25(14-10-22)16-17-5-3-6-18(15-17)26-12-4-11-23-26/h1-8,11-12,15H,9-10,13-14,16H2,(H,24,27). The van der Waals surface area contributed by atoms with E-state index in [9.17, 15) is 4.79 Å². The Morgan fingerprint density at radius 2 is 1.89 bits per heavy atom. The number of fused-ring (bicyclic) bond motifs is 2. The third-order valence-electron chi connectivity index (χ3n) is 5.92. The highest BCUT2D eigenvalue weighted by atomic mass is 16.2. The number of hydrogen-bond donors (Lipinski definition) is 1. The van der Waals surface area contributed by atoms with Gasteiger partial charge in [-0.15, -0.1) is 0 Å². The predicted molar refractivity (Wildman–Crippen MR) is 105 cm³/mol. The van der Waals surface area contributed by atoms with Gasteiger partial charge in [0.2, 0.25) is 5.91 Å². The predicted octanol–water partition coefficient (Wildman–Crippen LogP) is 3.36. The lowest BCUT2D eigenvalue weighted by Gasteiger charge is -2.38. The highest BCUT2D eigenvalue weighted by molar-refractivity contribution is 6.06. The van der Waals surface area contributed by atoms with Gasteiger partial charge in [-0.05, 0) is 61.3 Å². The van der Waals surface area contributed by atoms with Crippen LogP contribution in [-0.2, 0) is 16.8 Å². The van der Waals surface area contributed by atoms with Crippen molar-refractivity contribution in [2.75, 3.05) is 18.4 Å². The summed E-state index contributed by atoms with van der Waals surface area (Å²) in [7, 11) is 0. The van der Waals surface area contributed by atoms with Crippen LogP contribution in [0, 0.1) is 0 Å². The van der Waals surface area contributed by atoms with E-state index in [0.29, 0.717) is 0 Å². The maximum atomic E-state index is 12.7. The molecule has 5 nitrogen and oxygen atoms in total. The number of benzene rings is 2. The lowest BCUT2D eigenvalue weighted by atomic mass is 9.73. The van der Waals surface area contributed by atoms with Crippen molar-refractivity contribution in [3.05, 3.63) is 78.1 Å². The van der Waals surface area contributed by atoms with Gasteiger partial charge in [0.15, 0.2) is 0 Å². The zero-order chi connectivity index (χ0) is 18.3. The molecule has 5 rings (SSSR count). The maximum absolute atomic E-state index is 12.7. The van der Waals surface area contributed by atoms with E-state index >= 15 is 0 Å². The van der Waals surface area contributed by atoms with Crippen LogP contribution >= 0.6 is 0 Å². The van der Waals surface area contributed by atoms with Crippen molar-refractivity contribution in [3.8, 4) is 5.69 Å². The molecule has 5 heteroatoms. The van der Waals surface area contributed by atoms with Crippen LogP contribution in [0.5, 0.6) is 0 Å². The highest BCUT2D eigenvalue weighted by Crippen LogP contribution is 2.44. The molecule has 1 N–H and O–H groups in total. The van der Waals surface area contributed by atoms with Gasteiger partial charge in [0.05, 0.1) is 11.1 Å². The van der Waals surface area contributed by atoms with Crippen molar-refractivity contribution >= 4 is 11.6 Å². The number of rotatable bonds is 3. The Morgan fingerprint density at radius 3 is 2.70 bits per heavy atom. The number of hydrogen-bond acceptors (Lipinski definition) is 3. The van der Waals surface area contributed by atoms with E-state index in [2.05, 4.69) is 45.6 Å². The smallest absolute Gasteiger partial charge is 0.235 e. The molecule has 1 aromatic heterocycles. The third kappa shape index (κ3) is 2.75. The van der Waals surface area contributed by atoms with Gasteiger partial charge >= 0.3 is 0 Å². The molecule has 2 aliphatic rings. The first-order chi connectivity index (χ1) is 13.2. The molecule has 0 radical (unpaired) electrons. The lowest BCUT2D eigenvalue weighted by molar-refractivity contribution is -0.122. The number of aromatic nitrogens is 2. The average Bonchev–Trinajstić information content (AvgIpc) is 3.32. The molecular formula is C22H22N4O. The van der Waals surface area contributed by atoms with Crippen molar-refractivity contribution in [2.45, 2.75) is 24.8 Å². The summed E-state index contributed by atoms with van der Waals surface area (Å²) < 4.78 is 1.88. The average molecular weight is 358 g/mol. The Balaban J connectivity index is 1.31. The van der Waals surface area contributed by atoms with E-state index in [1.165, 1.54) is 11.1 Å². The van der Waals surface area contributed by atoms with Crippen molar-refractivity contribution in [1.29, 1.82) is 0 Å². The van der Waals surface area contributed by atoms with Crippen LogP contribution in [0.4, 0.5) is 5.69 Å². The molecule has 1 fully saturated rings. The molecule has 0 bridgehead atoms. The molecule has 1 amide bonds. The molecule has 0 saturated carbocycles. The molecule has 1 saturated heterocycles. The van der Waals surface area contributed by atoms with Gasteiger partial charge in [0, 0.05) is 24.6 Å². The van der Waals surface area contributed by atoms with Crippen LogP contribution in [0.2, 0.25) is 0 Å². The molecule has 136 valence electrons. The van der Waals surface area contributed by atoms with E-state index < -0.39 is 0 Å². The van der Waals surface area contributed by atoms with Gasteiger partial charge in [-0.2, -0.15) is 5.10 Å². The number of anilines is 1. The second kappa shape index (κ2) is 6.35. The van der Waals surface area contributed by atoms with E-state index in [1.54, 1.807) is 6.20 Å². The fraction of sp³-hybridized carbons (Fsp3) is 0.273. The molecule has 0 atom stereocenters. The molecule has 27 heavy (non-hydrogen) atoms. The van der Waals surface area contributed by atoms with E-state index in [4.69, 9.17) is 0 Å². The summed E-state index contributed by atoms with van der Waals surface area (Å²) in [5.74, 6) is 0.170. The number of nitrogens with zero attached hydrogens (tertiary/aromatic N) is 3. The first-order valence-electron chi connectivity index (χ1n) is 9.47. The molecule has 2 aromatic carbocycles. The fourth-order valence-corrected chi connectivity index (χ4v) is 4.44. The Kier molecular flexibility index (Phi) is 3.83. The molecule has 3 heterocycles. The second-order valence-corrected chi connectivity index (χ2v) is 7.48. The summed E-state index contributed by atoms with van der Waals surface area (Å²) in [5.41, 5.74) is 4.17. The Morgan fingerprint density at radius 1 is 1.04 bits per heavy atom. The molecule has 0 unspecified atom stereocenters. The number of para-hydroxylation sites is 1. The van der Waals surface area contributed by atoms with Crippen LogP contribution in [0.1, 0.15) is 24.0 Å². The Bertz CT molecular complexity index is 971. The van der Waals surface area contributed by atoms with Crippen molar-refractivity contribution in [3.63, 3.8) is 0 Å². The van der Waals surface area contributed by atoms with Gasteiger partial charge in [0.25, 0.3) is 0 Å². The minimum Gasteiger partial charge on any atom is -0.325 e. The second-order valence-electron chi connectivity index (χ2n) is 7.48. The fourth-order valence-electron chi connectivity index (χ4n) is 4.44. The number of carbonyl (C=O) groups is 1. The molecular weight excluding hydrogens is 336 g/mol. The van der Waals surface area contributed by atoms with Gasteiger partial charge < -0.3 is 5.32 Å². The largest absolute Gasteiger partial charge is 0.325 e. The lowest BCUT2D eigenvalue weighted by Crippen LogP contribution is -2.46. The number of piperidine rings is 1. The van der Waals surface area contributed by atoms with E-state index in [-0.39, 0.29) is 11.3 Å². The molecule has 1 spiro atoms. The van der Waals surface area contributed by atoms with Gasteiger partial charge in [-0.3, -0.25) is 9.69 Å². The topological polar surface area (TPSA) is 50.2 Å². The monoisotopic (exact) mass is 358 g/mol. The summed E-state index contributed by atoms with van der Waals surface area (Å²) in [5, 5.41) is 7.39. The summed E-state index contributed by atoms with van der Waals surface area (Å²) in [6, 6.07) is 18.6. The SMILES string of the molecule is O=C1Nc2ccccc2C12CCN(Cc1cccc(-n3cccn3)c1)CC2. The zero-order valence-corrected chi connectivity index (χ0v) is 15.1. The van der Waals surface area contributed by atoms with Gasteiger partial charge in [0.1, 0.15) is 0 Å². The number of amides is 1. The maximum Gasteiger partial charge on any atom is 0.235 e. The zero-order valence-electron chi connectivity index (χ0n) is 15.1. The van der Waals surface area contributed by atoms with Crippen LogP contribution in [0.15, 0.2) is 67.0 Å². The van der Waals surface area contributed by atoms with E-state index in [1.807, 2.05) is 35.1 Å². The van der Waals surface area contributed by atoms with Crippen molar-refractivity contribution in [1.82, 2.24) is 14.7 Å². The van der Waals surface area contributed by atoms with Crippen LogP contribution in [0.3, 0.4) is 0 Å². The molecule has 0 aliphatic carbocycles. The quantitative estimate of drug-likeness (QED) is 0.781. The minimum atomic E-state index is -0.343. The first-order valence-corrected chi connectivity index (χ1v) is 9.47. The van der Waals surface area contributed by atoms with Crippen molar-refractivity contribution in [2.24, 2.45) is 0 Å². The van der Waals surface area contributed by atoms with Crippen LogP contribution in [0.25, 0.3) is 5.69 Å². The third-order valence-corrected chi connectivity index (χ3v) is 5.92. The summed E-state index contributed by atoms with van der Waals surface area (Å²) in [6.07, 6.45) is 5.49. The summed E-state index contributed by atoms with van der Waals surface area (Å²) in [6.45, 7) is 2.75.